The van der Waals surface area contributed by atoms with Crippen LogP contribution in [0, 0.1) is 0 Å². The van der Waals surface area contributed by atoms with Crippen LogP contribution in [0.3, 0.4) is 0 Å². The number of aromatic nitrogens is 1. The molecule has 0 fully saturated rings. The van der Waals surface area contributed by atoms with E-state index in [1.807, 2.05) is 12.1 Å². The standard InChI is InChI=1S/C22H21F3N2O2/c1-2-3-4-21(28)27-20-14-26-19-10-9-17(13-18(19)20)29-12-11-15-5-7-16(8-6-15)22(23,24)25/h2,5-10,13-14,26H,1,3-4,11-12H2,(H,27,28). The van der Waals surface area contributed by atoms with Crippen LogP contribution >= 0.6 is 0 Å². The molecule has 1 aromatic heterocycles. The summed E-state index contributed by atoms with van der Waals surface area (Å²) in [6.45, 7) is 3.93. The normalized spacial score (nSPS) is 11.4. The van der Waals surface area contributed by atoms with Gasteiger partial charge in [0.25, 0.3) is 0 Å². The first kappa shape index (κ1) is 20.5. The molecule has 0 spiro atoms. The number of anilines is 1. The number of rotatable bonds is 8. The van der Waals surface area contributed by atoms with E-state index in [0.717, 1.165) is 28.6 Å². The fourth-order valence-electron chi connectivity index (χ4n) is 2.89. The molecule has 4 nitrogen and oxygen atoms in total. The van der Waals surface area contributed by atoms with Crippen LogP contribution in [0.2, 0.25) is 0 Å². The van der Waals surface area contributed by atoms with Crippen molar-refractivity contribution in [2.75, 3.05) is 11.9 Å². The number of nitrogens with one attached hydrogen (secondary N) is 2. The largest absolute Gasteiger partial charge is 0.493 e. The molecule has 29 heavy (non-hydrogen) atoms. The molecule has 3 rings (SSSR count). The Balaban J connectivity index is 1.61. The van der Waals surface area contributed by atoms with E-state index in [-0.39, 0.29) is 5.91 Å². The van der Waals surface area contributed by atoms with Gasteiger partial charge in [0.2, 0.25) is 5.91 Å². The van der Waals surface area contributed by atoms with E-state index in [0.29, 0.717) is 37.3 Å². The quantitative estimate of drug-likeness (QED) is 0.474. The lowest BCUT2D eigenvalue weighted by atomic mass is 10.1. The lowest BCUT2D eigenvalue weighted by Gasteiger charge is -2.09. The number of amides is 1. The number of aromatic amines is 1. The molecule has 3 aromatic rings. The molecule has 7 heteroatoms. The highest BCUT2D eigenvalue weighted by Gasteiger charge is 2.29. The summed E-state index contributed by atoms with van der Waals surface area (Å²) in [6.07, 6.45) is 0.528. The van der Waals surface area contributed by atoms with E-state index in [9.17, 15) is 18.0 Å². The Kier molecular flexibility index (Phi) is 6.26. The fraction of sp³-hybridized carbons (Fsp3) is 0.227. The summed E-state index contributed by atoms with van der Waals surface area (Å²) in [5, 5.41) is 3.68. The van der Waals surface area contributed by atoms with Gasteiger partial charge in [0.1, 0.15) is 5.75 Å². The minimum atomic E-state index is -4.33. The summed E-state index contributed by atoms with van der Waals surface area (Å²) >= 11 is 0. The number of allylic oxidation sites excluding steroid dienone is 1. The molecule has 0 atom stereocenters. The summed E-state index contributed by atoms with van der Waals surface area (Å²) < 4.78 is 43.6. The topological polar surface area (TPSA) is 54.1 Å². The first-order valence-corrected chi connectivity index (χ1v) is 9.17. The Hall–Kier alpha value is -3.22. The Morgan fingerprint density at radius 1 is 1.17 bits per heavy atom. The maximum atomic E-state index is 12.6. The number of H-pyrrole nitrogens is 1. The zero-order valence-corrected chi connectivity index (χ0v) is 15.7. The average molecular weight is 402 g/mol. The Morgan fingerprint density at radius 3 is 2.62 bits per heavy atom. The Labute approximate surface area is 166 Å². The number of halogens is 3. The molecular formula is C22H21F3N2O2. The molecule has 2 N–H and O–H groups in total. The van der Waals surface area contributed by atoms with Crippen LogP contribution in [-0.2, 0) is 17.4 Å². The van der Waals surface area contributed by atoms with Crippen LogP contribution in [0.15, 0.2) is 61.3 Å². The van der Waals surface area contributed by atoms with E-state index in [1.165, 1.54) is 12.1 Å². The lowest BCUT2D eigenvalue weighted by Crippen LogP contribution is -2.10. The second-order valence-corrected chi connectivity index (χ2v) is 6.58. The smallest absolute Gasteiger partial charge is 0.416 e. The molecule has 0 aliphatic heterocycles. The van der Waals surface area contributed by atoms with Gasteiger partial charge in [-0.15, -0.1) is 6.58 Å². The number of alkyl halides is 3. The van der Waals surface area contributed by atoms with Gasteiger partial charge < -0.3 is 15.0 Å². The third kappa shape index (κ3) is 5.40. The van der Waals surface area contributed by atoms with E-state index in [2.05, 4.69) is 16.9 Å². The second-order valence-electron chi connectivity index (χ2n) is 6.58. The maximum Gasteiger partial charge on any atom is 0.416 e. The summed E-state index contributed by atoms with van der Waals surface area (Å²) in [6, 6.07) is 10.5. The maximum absolute atomic E-state index is 12.6. The van der Waals surface area contributed by atoms with Crippen molar-refractivity contribution in [3.63, 3.8) is 0 Å². The average Bonchev–Trinajstić information content (AvgIpc) is 3.08. The number of carbonyl (C=O) groups is 1. The van der Waals surface area contributed by atoms with Crippen molar-refractivity contribution in [3.05, 3.63) is 72.4 Å². The minimum absolute atomic E-state index is 0.0978. The van der Waals surface area contributed by atoms with Gasteiger partial charge in [-0.25, -0.2) is 0 Å². The molecule has 0 aliphatic carbocycles. The van der Waals surface area contributed by atoms with Gasteiger partial charge in [-0.2, -0.15) is 13.2 Å². The number of hydrogen-bond donors (Lipinski definition) is 2. The van der Waals surface area contributed by atoms with E-state index in [4.69, 9.17) is 4.74 Å². The highest BCUT2D eigenvalue weighted by Crippen LogP contribution is 2.30. The minimum Gasteiger partial charge on any atom is -0.493 e. The van der Waals surface area contributed by atoms with Crippen LogP contribution in [0.1, 0.15) is 24.0 Å². The Morgan fingerprint density at radius 2 is 1.93 bits per heavy atom. The molecule has 2 aromatic carbocycles. The van der Waals surface area contributed by atoms with E-state index in [1.54, 1.807) is 18.3 Å². The molecule has 0 radical (unpaired) electrons. The number of fused-ring (bicyclic) bond motifs is 1. The number of carbonyl (C=O) groups excluding carboxylic acids is 1. The molecule has 0 saturated heterocycles. The van der Waals surface area contributed by atoms with Gasteiger partial charge >= 0.3 is 6.18 Å². The lowest BCUT2D eigenvalue weighted by molar-refractivity contribution is -0.137. The SMILES string of the molecule is C=CCCC(=O)Nc1c[nH]c2ccc(OCCc3ccc(C(F)(F)F)cc3)cc12. The highest BCUT2D eigenvalue weighted by atomic mass is 19.4. The van der Waals surface area contributed by atoms with E-state index < -0.39 is 11.7 Å². The van der Waals surface area contributed by atoms with Crippen LogP contribution in [0.5, 0.6) is 5.75 Å². The van der Waals surface area contributed by atoms with Gasteiger partial charge in [-0.05, 0) is 42.3 Å². The molecule has 0 saturated carbocycles. The molecular weight excluding hydrogens is 381 g/mol. The van der Waals surface area contributed by atoms with Crippen molar-refractivity contribution in [1.82, 2.24) is 4.98 Å². The third-order valence-corrected chi connectivity index (χ3v) is 4.44. The first-order chi connectivity index (χ1) is 13.9. The van der Waals surface area contributed by atoms with Gasteiger partial charge in [0, 0.05) is 29.9 Å². The zero-order valence-electron chi connectivity index (χ0n) is 15.7. The van der Waals surface area contributed by atoms with Crippen molar-refractivity contribution in [1.29, 1.82) is 0 Å². The molecule has 152 valence electrons. The predicted octanol–water partition coefficient (Wildman–Crippen LogP) is 5.71. The first-order valence-electron chi connectivity index (χ1n) is 9.17. The van der Waals surface area contributed by atoms with Crippen molar-refractivity contribution in [2.24, 2.45) is 0 Å². The summed E-state index contributed by atoms with van der Waals surface area (Å²) in [4.78, 5) is 15.0. The molecule has 0 unspecified atom stereocenters. The monoisotopic (exact) mass is 402 g/mol. The number of hydrogen-bond acceptors (Lipinski definition) is 2. The zero-order chi connectivity index (χ0) is 20.9. The molecule has 0 bridgehead atoms. The third-order valence-electron chi connectivity index (χ3n) is 4.44. The van der Waals surface area contributed by atoms with Gasteiger partial charge in [0.15, 0.2) is 0 Å². The number of benzene rings is 2. The van der Waals surface area contributed by atoms with Crippen LogP contribution in [0.4, 0.5) is 18.9 Å². The van der Waals surface area contributed by atoms with Crippen LogP contribution < -0.4 is 10.1 Å². The van der Waals surface area contributed by atoms with Gasteiger partial charge in [0.05, 0.1) is 17.9 Å². The fourth-order valence-corrected chi connectivity index (χ4v) is 2.89. The van der Waals surface area contributed by atoms with Crippen LogP contribution in [0.25, 0.3) is 10.9 Å². The van der Waals surface area contributed by atoms with E-state index >= 15 is 0 Å². The molecule has 1 amide bonds. The van der Waals surface area contributed by atoms with Crippen LogP contribution in [-0.4, -0.2) is 17.5 Å². The predicted molar refractivity (Wildman–Crippen MR) is 107 cm³/mol. The Bertz CT molecular complexity index is 991. The highest BCUT2D eigenvalue weighted by molar-refractivity contribution is 6.02. The van der Waals surface area contributed by atoms with Gasteiger partial charge in [-0.1, -0.05) is 18.2 Å². The van der Waals surface area contributed by atoms with Crippen molar-refractivity contribution in [2.45, 2.75) is 25.4 Å². The summed E-state index contributed by atoms with van der Waals surface area (Å²) in [7, 11) is 0. The summed E-state index contributed by atoms with van der Waals surface area (Å²) in [5.74, 6) is 0.519. The van der Waals surface area contributed by atoms with Gasteiger partial charge in [-0.3, -0.25) is 4.79 Å². The molecule has 0 aliphatic rings. The van der Waals surface area contributed by atoms with Crippen molar-refractivity contribution < 1.29 is 22.7 Å². The van der Waals surface area contributed by atoms with Crippen molar-refractivity contribution in [3.8, 4) is 5.75 Å². The number of ether oxygens (including phenoxy) is 1. The summed E-state index contributed by atoms with van der Waals surface area (Å²) in [5.41, 5.74) is 1.63. The molecule has 1 heterocycles. The second kappa shape index (κ2) is 8.86. The van der Waals surface area contributed by atoms with Crippen molar-refractivity contribution >= 4 is 22.5 Å².